The molecule has 0 aliphatic carbocycles. The van der Waals surface area contributed by atoms with E-state index in [1.165, 1.54) is 7.11 Å². The van der Waals surface area contributed by atoms with Crippen LogP contribution in [-0.2, 0) is 22.5 Å². The third kappa shape index (κ3) is 3.37. The van der Waals surface area contributed by atoms with Crippen LogP contribution in [0.4, 0.5) is 0 Å². The monoisotopic (exact) mass is 332 g/mol. The number of carbonyl (C=O) groups is 2. The van der Waals surface area contributed by atoms with E-state index in [0.29, 0.717) is 18.5 Å². The van der Waals surface area contributed by atoms with Gasteiger partial charge in [0, 0.05) is 23.5 Å². The number of ether oxygens (including phenoxy) is 1. The molecule has 122 valence electrons. The molecule has 2 N–H and O–H groups in total. The van der Waals surface area contributed by atoms with Gasteiger partial charge in [-0.2, -0.15) is 11.3 Å². The van der Waals surface area contributed by atoms with Gasteiger partial charge in [0.1, 0.15) is 0 Å². The molecule has 2 rings (SSSR count). The molecule has 0 atom stereocenters. The first-order valence-electron chi connectivity index (χ1n) is 7.23. The van der Waals surface area contributed by atoms with Crippen molar-refractivity contribution in [3.05, 3.63) is 46.4 Å². The number of nitrogens with zero attached hydrogens (tertiary/aromatic N) is 1. The van der Waals surface area contributed by atoms with Crippen molar-refractivity contribution >= 4 is 23.2 Å². The Hall–Kier alpha value is -2.34. The fourth-order valence-corrected chi connectivity index (χ4v) is 3.42. The lowest BCUT2D eigenvalue weighted by atomic mass is 10.0. The molecular weight excluding hydrogens is 312 g/mol. The van der Waals surface area contributed by atoms with Crippen molar-refractivity contribution < 1.29 is 14.3 Å². The van der Waals surface area contributed by atoms with E-state index in [4.69, 9.17) is 10.5 Å². The summed E-state index contributed by atoms with van der Waals surface area (Å²) in [5.41, 5.74) is 9.56. The number of aromatic nitrogens is 1. The zero-order chi connectivity index (χ0) is 17.0. The third-order valence-electron chi connectivity index (χ3n) is 3.79. The maximum absolute atomic E-state index is 12.0. The minimum Gasteiger partial charge on any atom is -0.469 e. The van der Waals surface area contributed by atoms with Crippen LogP contribution in [0.1, 0.15) is 28.2 Å². The van der Waals surface area contributed by atoms with Crippen molar-refractivity contribution in [3.63, 3.8) is 0 Å². The summed E-state index contributed by atoms with van der Waals surface area (Å²) >= 11 is 1.55. The Labute approximate surface area is 139 Å². The summed E-state index contributed by atoms with van der Waals surface area (Å²) in [6.07, 6.45) is 2.48. The van der Waals surface area contributed by atoms with Gasteiger partial charge < -0.3 is 15.0 Å². The normalized spacial score (nSPS) is 10.5. The number of hydrogen-bond donors (Lipinski definition) is 1. The van der Waals surface area contributed by atoms with Crippen LogP contribution in [0, 0.1) is 6.92 Å². The number of amides is 1. The van der Waals surface area contributed by atoms with E-state index in [1.807, 2.05) is 28.3 Å². The number of hydrogen-bond acceptors (Lipinski definition) is 4. The van der Waals surface area contributed by atoms with Crippen molar-refractivity contribution in [2.45, 2.75) is 26.3 Å². The zero-order valence-corrected chi connectivity index (χ0v) is 14.1. The zero-order valence-electron chi connectivity index (χ0n) is 13.3. The van der Waals surface area contributed by atoms with Crippen molar-refractivity contribution in [2.24, 2.45) is 5.73 Å². The SMILES string of the molecule is C=CCn1c(C)c(C(N)=O)c(-c2ccsc2)c1CCC(=O)OC. The Kier molecular flexibility index (Phi) is 5.39. The Morgan fingerprint density at radius 2 is 2.22 bits per heavy atom. The molecule has 0 saturated heterocycles. The number of esters is 1. The lowest BCUT2D eigenvalue weighted by Crippen LogP contribution is -2.13. The van der Waals surface area contributed by atoms with Gasteiger partial charge in [-0.15, -0.1) is 6.58 Å². The smallest absolute Gasteiger partial charge is 0.305 e. The van der Waals surface area contributed by atoms with Gasteiger partial charge in [-0.05, 0) is 35.7 Å². The van der Waals surface area contributed by atoms with Crippen LogP contribution in [-0.4, -0.2) is 23.6 Å². The van der Waals surface area contributed by atoms with E-state index in [1.54, 1.807) is 17.4 Å². The van der Waals surface area contributed by atoms with Gasteiger partial charge in [0.05, 0.1) is 19.1 Å². The van der Waals surface area contributed by atoms with E-state index >= 15 is 0 Å². The first-order valence-corrected chi connectivity index (χ1v) is 8.17. The molecule has 0 aromatic carbocycles. The summed E-state index contributed by atoms with van der Waals surface area (Å²) in [7, 11) is 1.37. The minimum atomic E-state index is -0.467. The molecule has 5 nitrogen and oxygen atoms in total. The Morgan fingerprint density at radius 1 is 1.48 bits per heavy atom. The topological polar surface area (TPSA) is 74.3 Å². The second-order valence-corrected chi connectivity index (χ2v) is 5.91. The fourth-order valence-electron chi connectivity index (χ4n) is 2.78. The van der Waals surface area contributed by atoms with Crippen molar-refractivity contribution in [2.75, 3.05) is 7.11 Å². The Balaban J connectivity index is 2.63. The largest absolute Gasteiger partial charge is 0.469 e. The maximum Gasteiger partial charge on any atom is 0.305 e. The number of allylic oxidation sites excluding steroid dienone is 1. The summed E-state index contributed by atoms with van der Waals surface area (Å²) in [4.78, 5) is 23.5. The number of carbonyl (C=O) groups excluding carboxylic acids is 2. The fraction of sp³-hybridized carbons (Fsp3) is 0.294. The summed E-state index contributed by atoms with van der Waals surface area (Å²) in [5.74, 6) is -0.753. The second-order valence-electron chi connectivity index (χ2n) is 5.13. The van der Waals surface area contributed by atoms with Crippen LogP contribution in [0.5, 0.6) is 0 Å². The Bertz CT molecular complexity index is 730. The second kappa shape index (κ2) is 7.28. The van der Waals surface area contributed by atoms with E-state index in [2.05, 4.69) is 6.58 Å². The van der Waals surface area contributed by atoms with Crippen molar-refractivity contribution in [1.82, 2.24) is 4.57 Å². The van der Waals surface area contributed by atoms with Crippen LogP contribution < -0.4 is 5.73 Å². The van der Waals surface area contributed by atoms with E-state index < -0.39 is 5.91 Å². The molecule has 0 aliphatic heterocycles. The quantitative estimate of drug-likeness (QED) is 0.626. The van der Waals surface area contributed by atoms with E-state index in [0.717, 1.165) is 22.5 Å². The van der Waals surface area contributed by atoms with Crippen LogP contribution in [0.25, 0.3) is 11.1 Å². The van der Waals surface area contributed by atoms with Crippen LogP contribution in [0.15, 0.2) is 29.5 Å². The van der Waals surface area contributed by atoms with Gasteiger partial charge in [-0.1, -0.05) is 6.08 Å². The number of nitrogens with two attached hydrogens (primary N) is 1. The lowest BCUT2D eigenvalue weighted by Gasteiger charge is -2.10. The molecule has 0 radical (unpaired) electrons. The van der Waals surface area contributed by atoms with E-state index in [-0.39, 0.29) is 12.4 Å². The first kappa shape index (κ1) is 17.0. The van der Waals surface area contributed by atoms with Gasteiger partial charge in [-0.3, -0.25) is 9.59 Å². The molecule has 6 heteroatoms. The number of rotatable bonds is 7. The maximum atomic E-state index is 12.0. The number of primary amides is 1. The molecule has 0 bridgehead atoms. The van der Waals surface area contributed by atoms with Gasteiger partial charge in [-0.25, -0.2) is 0 Å². The molecule has 0 fully saturated rings. The highest BCUT2D eigenvalue weighted by atomic mass is 32.1. The van der Waals surface area contributed by atoms with Gasteiger partial charge >= 0.3 is 5.97 Å². The van der Waals surface area contributed by atoms with E-state index in [9.17, 15) is 9.59 Å². The summed E-state index contributed by atoms with van der Waals surface area (Å²) in [6.45, 7) is 6.18. The van der Waals surface area contributed by atoms with Crippen LogP contribution >= 0.6 is 11.3 Å². The number of thiophene rings is 1. The summed E-state index contributed by atoms with van der Waals surface area (Å²) < 4.78 is 6.72. The standard InChI is InChI=1S/C17H20N2O3S/c1-4-8-19-11(2)15(17(18)21)16(12-7-9-23-10-12)13(19)5-6-14(20)22-3/h4,7,9-10H,1,5-6,8H2,2-3H3,(H2,18,21). The molecular formula is C17H20N2O3S. The molecule has 0 spiro atoms. The minimum absolute atomic E-state index is 0.242. The molecule has 0 saturated carbocycles. The molecule has 2 aromatic heterocycles. The predicted molar refractivity (Wildman–Crippen MR) is 91.5 cm³/mol. The average Bonchev–Trinajstić information content (AvgIpc) is 3.12. The third-order valence-corrected chi connectivity index (χ3v) is 4.48. The molecule has 2 heterocycles. The van der Waals surface area contributed by atoms with Crippen LogP contribution in [0.2, 0.25) is 0 Å². The van der Waals surface area contributed by atoms with Gasteiger partial charge in [0.2, 0.25) is 0 Å². The number of methoxy groups -OCH3 is 1. The molecule has 0 unspecified atom stereocenters. The molecule has 23 heavy (non-hydrogen) atoms. The summed E-state index contributed by atoms with van der Waals surface area (Å²) in [6, 6.07) is 1.95. The molecule has 0 aliphatic rings. The molecule has 2 aromatic rings. The Morgan fingerprint density at radius 3 is 2.74 bits per heavy atom. The highest BCUT2D eigenvalue weighted by Crippen LogP contribution is 2.34. The van der Waals surface area contributed by atoms with Crippen molar-refractivity contribution in [3.8, 4) is 11.1 Å². The predicted octanol–water partition coefficient (Wildman–Crippen LogP) is 2.92. The van der Waals surface area contributed by atoms with Crippen LogP contribution in [0.3, 0.4) is 0 Å². The molecule has 1 amide bonds. The highest BCUT2D eigenvalue weighted by Gasteiger charge is 2.24. The van der Waals surface area contributed by atoms with Gasteiger partial charge in [0.25, 0.3) is 5.91 Å². The summed E-state index contributed by atoms with van der Waals surface area (Å²) in [5, 5.41) is 3.92. The average molecular weight is 332 g/mol. The lowest BCUT2D eigenvalue weighted by molar-refractivity contribution is -0.140. The van der Waals surface area contributed by atoms with Gasteiger partial charge in [0.15, 0.2) is 0 Å². The first-order chi connectivity index (χ1) is 11.0. The van der Waals surface area contributed by atoms with Crippen molar-refractivity contribution in [1.29, 1.82) is 0 Å². The highest BCUT2D eigenvalue weighted by molar-refractivity contribution is 7.08.